The van der Waals surface area contributed by atoms with Gasteiger partial charge in [-0.3, -0.25) is 14.4 Å². The summed E-state index contributed by atoms with van der Waals surface area (Å²) in [7, 11) is 0. The Bertz CT molecular complexity index is 1170. The number of ether oxygens (including phenoxy) is 3. The van der Waals surface area contributed by atoms with Gasteiger partial charge in [0.2, 0.25) is 0 Å². The van der Waals surface area contributed by atoms with Gasteiger partial charge < -0.3 is 14.2 Å². The molecule has 0 aromatic rings. The van der Waals surface area contributed by atoms with Crippen LogP contribution in [-0.2, 0) is 28.6 Å². The molecule has 0 spiro atoms. The van der Waals surface area contributed by atoms with E-state index in [2.05, 4.69) is 69.4 Å². The van der Waals surface area contributed by atoms with E-state index in [1.807, 2.05) is 0 Å². The average Bonchev–Trinajstić information content (AvgIpc) is 3.33. The van der Waals surface area contributed by atoms with Crippen molar-refractivity contribution in [2.24, 2.45) is 0 Å². The highest BCUT2D eigenvalue weighted by Gasteiger charge is 2.19. The summed E-state index contributed by atoms with van der Waals surface area (Å²) in [6, 6.07) is 0. The Balaban J connectivity index is 4.35. The molecule has 0 N–H and O–H groups in total. The van der Waals surface area contributed by atoms with Gasteiger partial charge in [-0.1, -0.05) is 256 Å². The summed E-state index contributed by atoms with van der Waals surface area (Å²) in [6.45, 7) is 6.55. The lowest BCUT2D eigenvalue weighted by atomic mass is 10.0. The zero-order valence-corrected chi connectivity index (χ0v) is 44.7. The van der Waals surface area contributed by atoms with Gasteiger partial charge in [0.05, 0.1) is 0 Å². The Morgan fingerprint density at radius 2 is 0.582 bits per heavy atom. The molecule has 390 valence electrons. The first-order valence-corrected chi connectivity index (χ1v) is 29.1. The van der Waals surface area contributed by atoms with Crippen LogP contribution in [0.15, 0.2) is 48.6 Å². The summed E-state index contributed by atoms with van der Waals surface area (Å²) in [5.41, 5.74) is 0. The molecule has 0 bridgehead atoms. The average molecular weight is 940 g/mol. The number of unbranched alkanes of at least 4 members (excludes halogenated alkanes) is 34. The summed E-state index contributed by atoms with van der Waals surface area (Å²) in [5.74, 6) is -0.873. The van der Waals surface area contributed by atoms with Gasteiger partial charge in [-0.05, 0) is 77.0 Å². The lowest BCUT2D eigenvalue weighted by Crippen LogP contribution is -2.30. The SMILES string of the molecule is CC/C=C\C/C=C\C/C=C\CCCCCCCCCCCC(=O)OCC(COC(=O)CCCCCCCCCCCCCCCC)OC(=O)CCCCCCC/C=C\CCCCCCCCC. The maximum Gasteiger partial charge on any atom is 0.306 e. The maximum atomic E-state index is 12.9. The first kappa shape index (κ1) is 64.4. The van der Waals surface area contributed by atoms with E-state index >= 15 is 0 Å². The number of hydrogen-bond donors (Lipinski definition) is 0. The van der Waals surface area contributed by atoms with Crippen molar-refractivity contribution in [3.05, 3.63) is 48.6 Å². The summed E-state index contributed by atoms with van der Waals surface area (Å²) in [5, 5.41) is 0. The predicted octanol–water partition coefficient (Wildman–Crippen LogP) is 19.4. The van der Waals surface area contributed by atoms with E-state index in [-0.39, 0.29) is 31.1 Å². The van der Waals surface area contributed by atoms with Crippen molar-refractivity contribution in [3.63, 3.8) is 0 Å². The molecule has 67 heavy (non-hydrogen) atoms. The predicted molar refractivity (Wildman–Crippen MR) is 289 cm³/mol. The van der Waals surface area contributed by atoms with Gasteiger partial charge in [-0.15, -0.1) is 0 Å². The highest BCUT2D eigenvalue weighted by molar-refractivity contribution is 5.71. The molecule has 1 unspecified atom stereocenters. The van der Waals surface area contributed by atoms with Crippen LogP contribution in [0.1, 0.15) is 303 Å². The van der Waals surface area contributed by atoms with Crippen molar-refractivity contribution < 1.29 is 28.6 Å². The normalized spacial score (nSPS) is 12.3. The summed E-state index contributed by atoms with van der Waals surface area (Å²) in [6.07, 6.45) is 68.1. The lowest BCUT2D eigenvalue weighted by molar-refractivity contribution is -0.167. The fraction of sp³-hybridized carbons (Fsp3) is 0.820. The van der Waals surface area contributed by atoms with Crippen LogP contribution in [0.5, 0.6) is 0 Å². The Labute approximate surface area is 416 Å². The second-order valence-corrected chi connectivity index (χ2v) is 19.5. The molecule has 0 aromatic heterocycles. The van der Waals surface area contributed by atoms with Crippen LogP contribution in [0.2, 0.25) is 0 Å². The minimum atomic E-state index is -0.777. The van der Waals surface area contributed by atoms with Crippen molar-refractivity contribution in [2.45, 2.75) is 309 Å². The molecule has 0 radical (unpaired) electrons. The van der Waals surface area contributed by atoms with Crippen molar-refractivity contribution in [1.29, 1.82) is 0 Å². The minimum absolute atomic E-state index is 0.0747. The molecule has 6 heteroatoms. The van der Waals surface area contributed by atoms with E-state index < -0.39 is 6.10 Å². The van der Waals surface area contributed by atoms with Crippen molar-refractivity contribution in [2.75, 3.05) is 13.2 Å². The smallest absolute Gasteiger partial charge is 0.306 e. The third-order valence-corrected chi connectivity index (χ3v) is 12.8. The van der Waals surface area contributed by atoms with E-state index in [1.54, 1.807) is 0 Å². The molecule has 0 aliphatic rings. The van der Waals surface area contributed by atoms with Gasteiger partial charge in [-0.2, -0.15) is 0 Å². The van der Waals surface area contributed by atoms with Crippen LogP contribution in [-0.4, -0.2) is 37.2 Å². The van der Waals surface area contributed by atoms with Crippen LogP contribution in [0.4, 0.5) is 0 Å². The number of esters is 3. The Kier molecular flexibility index (Phi) is 53.8. The standard InChI is InChI=1S/C61H110O6/c1-4-7-10-13-16-19-22-25-28-30-31-32-34-36-39-42-45-48-51-54-60(63)66-57-58(56-65-59(62)53-50-47-44-41-38-35-27-24-21-18-15-12-9-6-3)67-61(64)55-52-49-46-43-40-37-33-29-26-23-20-17-14-11-8-5-2/h7,10,16,19,25,28-29,33,58H,4-6,8-9,11-15,17-18,20-24,26-27,30-32,34-57H2,1-3H3/b10-7-,19-16-,28-25-,33-29-. The Hall–Kier alpha value is -2.63. The Morgan fingerprint density at radius 1 is 0.313 bits per heavy atom. The van der Waals surface area contributed by atoms with Crippen LogP contribution in [0.25, 0.3) is 0 Å². The quantitative estimate of drug-likeness (QED) is 0.0262. The van der Waals surface area contributed by atoms with Gasteiger partial charge in [0.1, 0.15) is 13.2 Å². The van der Waals surface area contributed by atoms with E-state index in [9.17, 15) is 14.4 Å². The summed E-state index contributed by atoms with van der Waals surface area (Å²) in [4.78, 5) is 38.2. The van der Waals surface area contributed by atoms with Gasteiger partial charge in [-0.25, -0.2) is 0 Å². The topological polar surface area (TPSA) is 78.9 Å². The van der Waals surface area contributed by atoms with Gasteiger partial charge in [0.25, 0.3) is 0 Å². The van der Waals surface area contributed by atoms with Gasteiger partial charge in [0.15, 0.2) is 6.10 Å². The maximum absolute atomic E-state index is 12.9. The van der Waals surface area contributed by atoms with Crippen LogP contribution in [0.3, 0.4) is 0 Å². The first-order chi connectivity index (χ1) is 33.0. The van der Waals surface area contributed by atoms with E-state index in [4.69, 9.17) is 14.2 Å². The number of carbonyl (C=O) groups excluding carboxylic acids is 3. The van der Waals surface area contributed by atoms with E-state index in [0.717, 1.165) is 83.5 Å². The molecule has 0 fully saturated rings. The molecule has 0 rings (SSSR count). The van der Waals surface area contributed by atoms with Crippen molar-refractivity contribution in [1.82, 2.24) is 0 Å². The van der Waals surface area contributed by atoms with Crippen LogP contribution >= 0.6 is 0 Å². The fourth-order valence-corrected chi connectivity index (χ4v) is 8.45. The van der Waals surface area contributed by atoms with E-state index in [0.29, 0.717) is 19.3 Å². The highest BCUT2D eigenvalue weighted by atomic mass is 16.6. The minimum Gasteiger partial charge on any atom is -0.462 e. The number of carbonyl (C=O) groups is 3. The number of hydrogen-bond acceptors (Lipinski definition) is 6. The molecule has 0 aromatic carbocycles. The van der Waals surface area contributed by atoms with Gasteiger partial charge >= 0.3 is 17.9 Å². The van der Waals surface area contributed by atoms with Crippen molar-refractivity contribution in [3.8, 4) is 0 Å². The fourth-order valence-electron chi connectivity index (χ4n) is 8.45. The lowest BCUT2D eigenvalue weighted by Gasteiger charge is -2.18. The first-order valence-electron chi connectivity index (χ1n) is 29.1. The summed E-state index contributed by atoms with van der Waals surface area (Å²) < 4.78 is 16.9. The molecule has 0 heterocycles. The summed E-state index contributed by atoms with van der Waals surface area (Å²) >= 11 is 0. The zero-order valence-electron chi connectivity index (χ0n) is 44.7. The molecular formula is C61H110O6. The molecule has 0 aliphatic carbocycles. The van der Waals surface area contributed by atoms with Gasteiger partial charge in [0, 0.05) is 19.3 Å². The molecule has 1 atom stereocenters. The third kappa shape index (κ3) is 54.2. The third-order valence-electron chi connectivity index (χ3n) is 12.8. The number of allylic oxidation sites excluding steroid dienone is 8. The van der Waals surface area contributed by atoms with Crippen molar-refractivity contribution >= 4 is 17.9 Å². The molecule has 6 nitrogen and oxygen atoms in total. The highest BCUT2D eigenvalue weighted by Crippen LogP contribution is 2.16. The second-order valence-electron chi connectivity index (χ2n) is 19.5. The molecule has 0 aliphatic heterocycles. The monoisotopic (exact) mass is 939 g/mol. The van der Waals surface area contributed by atoms with Crippen LogP contribution < -0.4 is 0 Å². The molecule has 0 amide bonds. The van der Waals surface area contributed by atoms with Crippen LogP contribution in [0, 0.1) is 0 Å². The largest absolute Gasteiger partial charge is 0.462 e. The Morgan fingerprint density at radius 3 is 0.925 bits per heavy atom. The number of rotatable bonds is 53. The molecular weight excluding hydrogens is 829 g/mol. The molecule has 0 saturated heterocycles. The molecule has 0 saturated carbocycles. The van der Waals surface area contributed by atoms with E-state index in [1.165, 1.54) is 180 Å². The zero-order chi connectivity index (χ0) is 48.6. The second kappa shape index (κ2) is 56.0.